The summed E-state index contributed by atoms with van der Waals surface area (Å²) in [7, 11) is 0. The van der Waals surface area contributed by atoms with Gasteiger partial charge in [-0.15, -0.1) is 11.6 Å². The minimum absolute atomic E-state index is 0.137. The number of benzene rings is 1. The minimum Gasteiger partial charge on any atom is -0.309 e. The van der Waals surface area contributed by atoms with Crippen LogP contribution in [-0.2, 0) is 0 Å². The van der Waals surface area contributed by atoms with E-state index in [0.29, 0.717) is 16.7 Å². The second-order valence-corrected chi connectivity index (χ2v) is 4.24. The fourth-order valence-electron chi connectivity index (χ4n) is 1.46. The number of aryl methyl sites for hydroxylation is 1. The van der Waals surface area contributed by atoms with Gasteiger partial charge in [0.05, 0.1) is 16.3 Å². The number of nitrogens with one attached hydrogen (secondary N) is 1. The Morgan fingerprint density at radius 2 is 2.20 bits per heavy atom. The normalized spacial score (nSPS) is 13.0. The molecule has 1 N–H and O–H groups in total. The summed E-state index contributed by atoms with van der Waals surface area (Å²) in [6.07, 6.45) is 0. The van der Waals surface area contributed by atoms with E-state index in [1.165, 1.54) is 0 Å². The molecule has 0 aliphatic carbocycles. The van der Waals surface area contributed by atoms with Crippen molar-refractivity contribution in [3.63, 3.8) is 0 Å². The maximum Gasteiger partial charge on any atom is 0.258 e. The molecule has 78 valence electrons. The highest BCUT2D eigenvalue weighted by atomic mass is 35.5. The van der Waals surface area contributed by atoms with Crippen molar-refractivity contribution in [2.24, 2.45) is 0 Å². The van der Waals surface area contributed by atoms with Crippen LogP contribution in [0.3, 0.4) is 0 Å². The number of fused-ring (bicyclic) bond motifs is 1. The molecule has 3 nitrogen and oxygen atoms in total. The van der Waals surface area contributed by atoms with Crippen LogP contribution in [0, 0.1) is 6.92 Å². The Morgan fingerprint density at radius 3 is 2.87 bits per heavy atom. The van der Waals surface area contributed by atoms with Gasteiger partial charge in [-0.05, 0) is 31.5 Å². The monoisotopic (exact) mass is 222 g/mol. The van der Waals surface area contributed by atoms with Gasteiger partial charge in [-0.3, -0.25) is 4.79 Å². The largest absolute Gasteiger partial charge is 0.309 e. The van der Waals surface area contributed by atoms with E-state index in [-0.39, 0.29) is 10.9 Å². The summed E-state index contributed by atoms with van der Waals surface area (Å²) in [5, 5.41) is 0.310. The molecule has 2 aromatic rings. The van der Waals surface area contributed by atoms with Gasteiger partial charge in [0.25, 0.3) is 5.56 Å². The number of hydrogen-bond acceptors (Lipinski definition) is 2. The van der Waals surface area contributed by atoms with Crippen molar-refractivity contribution in [2.45, 2.75) is 19.2 Å². The molecule has 0 radical (unpaired) electrons. The van der Waals surface area contributed by atoms with Gasteiger partial charge in [0.2, 0.25) is 0 Å². The summed E-state index contributed by atoms with van der Waals surface area (Å²) >= 11 is 5.88. The molecule has 15 heavy (non-hydrogen) atoms. The molecule has 2 rings (SSSR count). The first-order valence-corrected chi connectivity index (χ1v) is 5.16. The predicted octanol–water partition coefficient (Wildman–Crippen LogP) is 2.53. The third-order valence-electron chi connectivity index (χ3n) is 2.26. The van der Waals surface area contributed by atoms with E-state index >= 15 is 0 Å². The fourth-order valence-corrected chi connectivity index (χ4v) is 1.56. The first-order chi connectivity index (χ1) is 7.08. The average molecular weight is 223 g/mol. The van der Waals surface area contributed by atoms with Crippen LogP contribution in [0.25, 0.3) is 10.9 Å². The van der Waals surface area contributed by atoms with Crippen molar-refractivity contribution in [3.8, 4) is 0 Å². The predicted molar refractivity (Wildman–Crippen MR) is 61.4 cm³/mol. The number of rotatable bonds is 1. The van der Waals surface area contributed by atoms with E-state index in [2.05, 4.69) is 9.97 Å². The Hall–Kier alpha value is -1.35. The molecule has 0 spiro atoms. The Labute approximate surface area is 92.1 Å². The van der Waals surface area contributed by atoms with Gasteiger partial charge in [0.15, 0.2) is 0 Å². The lowest BCUT2D eigenvalue weighted by molar-refractivity contribution is 0.914. The first kappa shape index (κ1) is 10.2. The van der Waals surface area contributed by atoms with Gasteiger partial charge in [-0.2, -0.15) is 0 Å². The van der Waals surface area contributed by atoms with Crippen LogP contribution in [0.2, 0.25) is 0 Å². The summed E-state index contributed by atoms with van der Waals surface area (Å²) in [4.78, 5) is 18.6. The van der Waals surface area contributed by atoms with Crippen LogP contribution in [-0.4, -0.2) is 9.97 Å². The summed E-state index contributed by atoms with van der Waals surface area (Å²) in [5.74, 6) is 0.514. The SMILES string of the molecule is Cc1ccc2c(=O)[nH]c(C(C)Cl)nc2c1. The van der Waals surface area contributed by atoms with E-state index < -0.39 is 0 Å². The van der Waals surface area contributed by atoms with Crippen LogP contribution < -0.4 is 5.56 Å². The maximum atomic E-state index is 11.7. The molecule has 1 unspecified atom stereocenters. The van der Waals surface area contributed by atoms with Gasteiger partial charge in [-0.1, -0.05) is 6.07 Å². The molecule has 1 aromatic carbocycles. The van der Waals surface area contributed by atoms with Gasteiger partial charge < -0.3 is 4.98 Å². The Morgan fingerprint density at radius 1 is 1.47 bits per heavy atom. The molecule has 0 saturated carbocycles. The first-order valence-electron chi connectivity index (χ1n) is 4.72. The lowest BCUT2D eigenvalue weighted by Gasteiger charge is -2.04. The van der Waals surface area contributed by atoms with Gasteiger partial charge >= 0.3 is 0 Å². The van der Waals surface area contributed by atoms with Crippen LogP contribution in [0.1, 0.15) is 23.7 Å². The fraction of sp³-hybridized carbons (Fsp3) is 0.273. The Kier molecular flexibility index (Phi) is 2.49. The van der Waals surface area contributed by atoms with Gasteiger partial charge in [-0.25, -0.2) is 4.98 Å². The smallest absolute Gasteiger partial charge is 0.258 e. The second-order valence-electron chi connectivity index (χ2n) is 3.59. The van der Waals surface area contributed by atoms with Crippen LogP contribution in [0.5, 0.6) is 0 Å². The topological polar surface area (TPSA) is 45.8 Å². The molecule has 0 aliphatic heterocycles. The molecule has 0 bridgehead atoms. The van der Waals surface area contributed by atoms with Crippen molar-refractivity contribution < 1.29 is 0 Å². The highest BCUT2D eigenvalue weighted by Gasteiger charge is 2.07. The molecule has 0 saturated heterocycles. The summed E-state index contributed by atoms with van der Waals surface area (Å²) in [5.41, 5.74) is 1.64. The highest BCUT2D eigenvalue weighted by Crippen LogP contribution is 2.16. The molecular weight excluding hydrogens is 212 g/mol. The van der Waals surface area contributed by atoms with Gasteiger partial charge in [0, 0.05) is 0 Å². The molecular formula is C11H11ClN2O. The average Bonchev–Trinajstić information content (AvgIpc) is 2.16. The van der Waals surface area contributed by atoms with Crippen molar-refractivity contribution in [1.82, 2.24) is 9.97 Å². The third-order valence-corrected chi connectivity index (χ3v) is 2.46. The maximum absolute atomic E-state index is 11.7. The summed E-state index contributed by atoms with van der Waals surface area (Å²) in [6.45, 7) is 3.74. The lowest BCUT2D eigenvalue weighted by atomic mass is 10.2. The van der Waals surface area contributed by atoms with E-state index in [9.17, 15) is 4.79 Å². The van der Waals surface area contributed by atoms with Crippen LogP contribution in [0.4, 0.5) is 0 Å². The number of aromatic nitrogens is 2. The van der Waals surface area contributed by atoms with Crippen molar-refractivity contribution in [1.29, 1.82) is 0 Å². The molecule has 1 aromatic heterocycles. The number of halogens is 1. The zero-order chi connectivity index (χ0) is 11.0. The quantitative estimate of drug-likeness (QED) is 0.754. The molecule has 0 aliphatic rings. The van der Waals surface area contributed by atoms with Crippen molar-refractivity contribution in [2.75, 3.05) is 0 Å². The molecule has 1 atom stereocenters. The number of aromatic amines is 1. The van der Waals surface area contributed by atoms with E-state index in [0.717, 1.165) is 5.56 Å². The lowest BCUT2D eigenvalue weighted by Crippen LogP contribution is -2.12. The zero-order valence-electron chi connectivity index (χ0n) is 8.54. The highest BCUT2D eigenvalue weighted by molar-refractivity contribution is 6.20. The van der Waals surface area contributed by atoms with Gasteiger partial charge in [0.1, 0.15) is 5.82 Å². The molecule has 0 amide bonds. The Balaban J connectivity index is 2.80. The molecule has 1 heterocycles. The van der Waals surface area contributed by atoms with Crippen LogP contribution in [0.15, 0.2) is 23.0 Å². The number of alkyl halides is 1. The number of hydrogen-bond donors (Lipinski definition) is 1. The van der Waals surface area contributed by atoms with E-state index in [4.69, 9.17) is 11.6 Å². The summed E-state index contributed by atoms with van der Waals surface area (Å²) < 4.78 is 0. The zero-order valence-corrected chi connectivity index (χ0v) is 9.30. The van der Waals surface area contributed by atoms with Crippen LogP contribution >= 0.6 is 11.6 Å². The number of H-pyrrole nitrogens is 1. The van der Waals surface area contributed by atoms with Crippen molar-refractivity contribution >= 4 is 22.5 Å². The minimum atomic E-state index is -0.289. The van der Waals surface area contributed by atoms with E-state index in [1.807, 2.05) is 19.1 Å². The molecule has 4 heteroatoms. The molecule has 0 fully saturated rings. The summed E-state index contributed by atoms with van der Waals surface area (Å²) in [6, 6.07) is 5.55. The Bertz CT molecular complexity index is 560. The number of nitrogens with zero attached hydrogens (tertiary/aromatic N) is 1. The third kappa shape index (κ3) is 1.88. The standard InChI is InChI=1S/C11H11ClN2O/c1-6-3-4-8-9(5-6)13-10(7(2)12)14-11(8)15/h3-5,7H,1-2H3,(H,13,14,15). The second kappa shape index (κ2) is 3.66. The van der Waals surface area contributed by atoms with E-state index in [1.54, 1.807) is 13.0 Å². The van der Waals surface area contributed by atoms with Crippen molar-refractivity contribution in [3.05, 3.63) is 39.9 Å².